The molecule has 0 radical (unpaired) electrons. The fourth-order valence-corrected chi connectivity index (χ4v) is 3.94. The van der Waals surface area contributed by atoms with E-state index in [1.165, 1.54) is 11.3 Å². The second-order valence-electron chi connectivity index (χ2n) is 7.82. The van der Waals surface area contributed by atoms with Gasteiger partial charge in [-0.3, -0.25) is 4.79 Å². The quantitative estimate of drug-likeness (QED) is 0.456. The van der Waals surface area contributed by atoms with Gasteiger partial charge in [0.25, 0.3) is 5.91 Å². The zero-order valence-electron chi connectivity index (χ0n) is 18.7. The van der Waals surface area contributed by atoms with Gasteiger partial charge in [0.1, 0.15) is 16.5 Å². The van der Waals surface area contributed by atoms with Gasteiger partial charge >= 0.3 is 6.18 Å². The zero-order valence-corrected chi connectivity index (χ0v) is 19.5. The number of halogens is 3. The number of carbonyl (C=O) groups is 1. The Bertz CT molecular complexity index is 1060. The maximum atomic E-state index is 12.8. The first-order valence-corrected chi connectivity index (χ1v) is 11.5. The Labute approximate surface area is 199 Å². The van der Waals surface area contributed by atoms with Gasteiger partial charge in [-0.15, -0.1) is 11.3 Å². The van der Waals surface area contributed by atoms with E-state index >= 15 is 0 Å². The number of carbonyl (C=O) groups excluding carboxylic acids is 1. The number of thiazole rings is 1. The Morgan fingerprint density at radius 1 is 1.32 bits per heavy atom. The molecule has 3 rings (SSSR count). The Morgan fingerprint density at radius 2 is 2.12 bits per heavy atom. The van der Waals surface area contributed by atoms with E-state index in [-0.39, 0.29) is 18.2 Å². The summed E-state index contributed by atoms with van der Waals surface area (Å²) >= 11 is 1.53. The number of alkyl halides is 3. The van der Waals surface area contributed by atoms with Crippen molar-refractivity contribution in [1.29, 1.82) is 0 Å². The average Bonchev–Trinajstić information content (AvgIpc) is 3.50. The summed E-state index contributed by atoms with van der Waals surface area (Å²) in [5.41, 5.74) is 10.4. The monoisotopic (exact) mass is 496 g/mol. The minimum absolute atomic E-state index is 0.0157. The summed E-state index contributed by atoms with van der Waals surface area (Å²) in [6, 6.07) is 5.15. The van der Waals surface area contributed by atoms with Crippen LogP contribution in [0.15, 0.2) is 47.9 Å². The molecule has 0 bridgehead atoms. The maximum Gasteiger partial charge on any atom is 0.430 e. The van der Waals surface area contributed by atoms with Crippen molar-refractivity contribution in [1.82, 2.24) is 10.3 Å². The first-order chi connectivity index (χ1) is 16.2. The van der Waals surface area contributed by atoms with E-state index in [0.29, 0.717) is 37.2 Å². The van der Waals surface area contributed by atoms with Crippen molar-refractivity contribution in [2.45, 2.75) is 25.9 Å². The highest BCUT2D eigenvalue weighted by Gasteiger charge is 2.30. The minimum Gasteiger partial charge on any atom is -0.493 e. The Kier molecular flexibility index (Phi) is 8.56. The lowest BCUT2D eigenvalue weighted by atomic mass is 10.1. The molecule has 7 nitrogen and oxygen atoms in total. The van der Waals surface area contributed by atoms with Crippen molar-refractivity contribution in [3.8, 4) is 16.3 Å². The molecule has 1 fully saturated rings. The minimum atomic E-state index is -4.64. The van der Waals surface area contributed by atoms with Crippen LogP contribution in [0.2, 0.25) is 0 Å². The number of nitrogens with one attached hydrogen (secondary N) is 1. The standard InChI is InChI=1S/C23H27F3N4O3S/c1-2-19-11-30-22(34-19)16-7-15(8-18(9-16)33-13-14-5-6-32-12-14)21(31)29-10-17(27)3-4-20(28)23(24,25)26/h3-4,7-9,11,14H,2,5-6,10,12-13,27-28H2,1H3,(H,29,31)/b17-3-,20-4-/t14-/m0/s1. The van der Waals surface area contributed by atoms with E-state index < -0.39 is 17.8 Å². The molecule has 5 N–H and O–H groups in total. The van der Waals surface area contributed by atoms with Gasteiger partial charge in [-0.1, -0.05) is 6.92 Å². The molecular formula is C23H27F3N4O3S. The SMILES string of the molecule is CCc1cnc(-c2cc(OC[C@H]3CCOC3)cc(C(=O)NC/C(N)=C/C=C(\N)C(F)(F)F)c2)s1. The summed E-state index contributed by atoms with van der Waals surface area (Å²) in [4.78, 5) is 18.4. The van der Waals surface area contributed by atoms with E-state index in [0.717, 1.165) is 34.4 Å². The highest BCUT2D eigenvalue weighted by atomic mass is 32.1. The number of hydrogen-bond donors (Lipinski definition) is 3. The first-order valence-electron chi connectivity index (χ1n) is 10.7. The molecule has 1 aliphatic heterocycles. The molecule has 184 valence electrons. The maximum absolute atomic E-state index is 12.8. The average molecular weight is 497 g/mol. The third kappa shape index (κ3) is 7.22. The molecule has 1 aromatic carbocycles. The highest BCUT2D eigenvalue weighted by molar-refractivity contribution is 7.15. The number of rotatable bonds is 9. The summed E-state index contributed by atoms with van der Waals surface area (Å²) < 4.78 is 48.8. The Morgan fingerprint density at radius 3 is 2.76 bits per heavy atom. The van der Waals surface area contributed by atoms with Gasteiger partial charge < -0.3 is 26.3 Å². The molecule has 0 saturated carbocycles. The summed E-state index contributed by atoms with van der Waals surface area (Å²) in [6.45, 7) is 3.69. The van der Waals surface area contributed by atoms with Gasteiger partial charge in [0.2, 0.25) is 0 Å². The molecule has 34 heavy (non-hydrogen) atoms. The van der Waals surface area contributed by atoms with Gasteiger partial charge in [-0.25, -0.2) is 4.98 Å². The third-order valence-electron chi connectivity index (χ3n) is 5.08. The van der Waals surface area contributed by atoms with E-state index in [1.807, 2.05) is 13.0 Å². The molecule has 1 aliphatic rings. The van der Waals surface area contributed by atoms with Crippen LogP contribution in [0.25, 0.3) is 10.6 Å². The third-order valence-corrected chi connectivity index (χ3v) is 6.28. The van der Waals surface area contributed by atoms with E-state index in [9.17, 15) is 18.0 Å². The summed E-state index contributed by atoms with van der Waals surface area (Å²) in [6.07, 6.45) is 0.595. The fraction of sp³-hybridized carbons (Fsp3) is 0.391. The number of amides is 1. The van der Waals surface area contributed by atoms with Gasteiger partial charge in [-0.05, 0) is 43.2 Å². The highest BCUT2D eigenvalue weighted by Crippen LogP contribution is 2.30. The number of nitrogens with zero attached hydrogens (tertiary/aromatic N) is 1. The number of aromatic nitrogens is 1. The summed E-state index contributed by atoms with van der Waals surface area (Å²) in [7, 11) is 0. The molecular weight excluding hydrogens is 469 g/mol. The van der Waals surface area contributed by atoms with Crippen molar-refractivity contribution < 1.29 is 27.4 Å². The van der Waals surface area contributed by atoms with Crippen molar-refractivity contribution in [3.63, 3.8) is 0 Å². The Balaban J connectivity index is 1.75. The van der Waals surface area contributed by atoms with Crippen LogP contribution in [0, 0.1) is 5.92 Å². The predicted octanol–water partition coefficient (Wildman–Crippen LogP) is 3.77. The summed E-state index contributed by atoms with van der Waals surface area (Å²) in [5.74, 6) is 0.356. The smallest absolute Gasteiger partial charge is 0.430 e. The van der Waals surface area contributed by atoms with Crippen LogP contribution in [-0.4, -0.2) is 43.4 Å². The predicted molar refractivity (Wildman–Crippen MR) is 124 cm³/mol. The molecule has 0 spiro atoms. The second kappa shape index (κ2) is 11.4. The fourth-order valence-electron chi connectivity index (χ4n) is 3.10. The first kappa shape index (κ1) is 25.6. The van der Waals surface area contributed by atoms with Crippen molar-refractivity contribution in [3.05, 3.63) is 58.4 Å². The number of ether oxygens (including phenoxy) is 2. The van der Waals surface area contributed by atoms with Crippen LogP contribution < -0.4 is 21.5 Å². The van der Waals surface area contributed by atoms with Crippen LogP contribution in [0.4, 0.5) is 13.2 Å². The molecule has 1 atom stereocenters. The lowest BCUT2D eigenvalue weighted by molar-refractivity contribution is -0.0926. The zero-order chi connectivity index (χ0) is 24.7. The van der Waals surface area contributed by atoms with Crippen molar-refractivity contribution >= 4 is 17.2 Å². The van der Waals surface area contributed by atoms with Crippen LogP contribution in [0.3, 0.4) is 0 Å². The van der Waals surface area contributed by atoms with E-state index in [4.69, 9.17) is 20.9 Å². The molecule has 1 amide bonds. The number of allylic oxidation sites excluding steroid dienone is 3. The lowest BCUT2D eigenvalue weighted by Gasteiger charge is -2.13. The number of benzene rings is 1. The molecule has 1 aromatic heterocycles. The van der Waals surface area contributed by atoms with E-state index in [2.05, 4.69) is 10.3 Å². The van der Waals surface area contributed by atoms with Crippen LogP contribution in [0.5, 0.6) is 5.75 Å². The second-order valence-corrected chi connectivity index (χ2v) is 8.93. The van der Waals surface area contributed by atoms with Crippen LogP contribution >= 0.6 is 11.3 Å². The van der Waals surface area contributed by atoms with E-state index in [1.54, 1.807) is 18.3 Å². The number of nitrogens with two attached hydrogens (primary N) is 2. The molecule has 2 aromatic rings. The lowest BCUT2D eigenvalue weighted by Crippen LogP contribution is -2.28. The largest absolute Gasteiger partial charge is 0.493 e. The number of hydrogen-bond acceptors (Lipinski definition) is 7. The van der Waals surface area contributed by atoms with Gasteiger partial charge in [-0.2, -0.15) is 13.2 Å². The van der Waals surface area contributed by atoms with Crippen LogP contribution in [-0.2, 0) is 11.2 Å². The van der Waals surface area contributed by atoms with Crippen molar-refractivity contribution in [2.75, 3.05) is 26.4 Å². The number of aryl methyl sites for hydroxylation is 1. The topological polar surface area (TPSA) is 112 Å². The molecule has 1 saturated heterocycles. The Hall–Kier alpha value is -3.05. The molecule has 11 heteroatoms. The molecule has 2 heterocycles. The van der Waals surface area contributed by atoms with Gasteiger partial charge in [0, 0.05) is 40.4 Å². The van der Waals surface area contributed by atoms with Gasteiger partial charge in [0.15, 0.2) is 0 Å². The molecule has 0 unspecified atom stereocenters. The summed E-state index contributed by atoms with van der Waals surface area (Å²) in [5, 5.41) is 3.36. The van der Waals surface area contributed by atoms with Gasteiger partial charge in [0.05, 0.1) is 19.8 Å². The molecule has 0 aliphatic carbocycles. The van der Waals surface area contributed by atoms with Crippen LogP contribution in [0.1, 0.15) is 28.6 Å². The van der Waals surface area contributed by atoms with Crippen molar-refractivity contribution in [2.24, 2.45) is 17.4 Å². The normalized spacial score (nSPS) is 17.1.